The maximum Gasteiger partial charge on any atom is 0.337 e. The molecule has 2 N–H and O–H groups in total. The average molecular weight is 249 g/mol. The van der Waals surface area contributed by atoms with E-state index in [9.17, 15) is 4.79 Å². The Morgan fingerprint density at radius 3 is 3.06 bits per heavy atom. The third-order valence-corrected chi connectivity index (χ3v) is 3.00. The molecule has 0 bridgehead atoms. The van der Waals surface area contributed by atoms with Crippen LogP contribution in [0.15, 0.2) is 23.8 Å². The summed E-state index contributed by atoms with van der Waals surface area (Å²) in [6.07, 6.45) is 2.96. The number of nitrogens with one attached hydrogen (secondary N) is 1. The van der Waals surface area contributed by atoms with Gasteiger partial charge in [0.25, 0.3) is 0 Å². The van der Waals surface area contributed by atoms with Gasteiger partial charge < -0.3 is 10.4 Å². The van der Waals surface area contributed by atoms with Crippen LogP contribution >= 0.6 is 11.3 Å². The summed E-state index contributed by atoms with van der Waals surface area (Å²) in [5, 5.41) is 14.9. The quantitative estimate of drug-likeness (QED) is 0.868. The fourth-order valence-corrected chi connectivity index (χ4v) is 2.01. The van der Waals surface area contributed by atoms with Gasteiger partial charge in [-0.1, -0.05) is 0 Å². The average Bonchev–Trinajstić information content (AvgIpc) is 2.73. The molecule has 0 saturated carbocycles. The van der Waals surface area contributed by atoms with Gasteiger partial charge in [0.05, 0.1) is 34.7 Å². The lowest BCUT2D eigenvalue weighted by Gasteiger charge is -2.06. The van der Waals surface area contributed by atoms with Crippen molar-refractivity contribution in [1.82, 2.24) is 9.97 Å². The molecule has 2 aromatic heterocycles. The Kier molecular flexibility index (Phi) is 3.34. The minimum atomic E-state index is -0.968. The van der Waals surface area contributed by atoms with E-state index in [0.717, 1.165) is 10.7 Å². The van der Waals surface area contributed by atoms with E-state index in [1.54, 1.807) is 11.3 Å². The summed E-state index contributed by atoms with van der Waals surface area (Å²) in [5.41, 5.74) is 1.62. The first-order valence-corrected chi connectivity index (χ1v) is 5.87. The molecule has 0 aromatic carbocycles. The fourth-order valence-electron chi connectivity index (χ4n) is 1.40. The molecule has 0 unspecified atom stereocenters. The second kappa shape index (κ2) is 4.92. The Balaban J connectivity index is 2.11. The van der Waals surface area contributed by atoms with Crippen LogP contribution in [0.2, 0.25) is 0 Å². The molecule has 17 heavy (non-hydrogen) atoms. The standard InChI is InChI=1S/C11H11N3O2S/c1-7-14-8(6-17-7)4-13-10-5-12-3-2-9(10)11(15)16/h2-3,5-6,13H,4H2,1H3,(H,15,16). The number of hydrogen-bond acceptors (Lipinski definition) is 5. The number of aromatic nitrogens is 2. The first kappa shape index (κ1) is 11.5. The van der Waals surface area contributed by atoms with Crippen LogP contribution in [-0.2, 0) is 6.54 Å². The zero-order valence-electron chi connectivity index (χ0n) is 9.17. The molecule has 0 saturated heterocycles. The van der Waals surface area contributed by atoms with Crippen LogP contribution in [0.4, 0.5) is 5.69 Å². The number of nitrogens with zero attached hydrogens (tertiary/aromatic N) is 2. The van der Waals surface area contributed by atoms with Crippen LogP contribution in [0.1, 0.15) is 21.1 Å². The Labute approximate surface area is 102 Å². The third-order valence-electron chi connectivity index (χ3n) is 2.18. The van der Waals surface area contributed by atoms with Crippen molar-refractivity contribution in [2.45, 2.75) is 13.5 Å². The lowest BCUT2D eigenvalue weighted by molar-refractivity contribution is 0.0698. The summed E-state index contributed by atoms with van der Waals surface area (Å²) in [5.74, 6) is -0.968. The van der Waals surface area contributed by atoms with Crippen molar-refractivity contribution in [1.29, 1.82) is 0 Å². The van der Waals surface area contributed by atoms with Crippen molar-refractivity contribution in [2.24, 2.45) is 0 Å². The zero-order valence-corrected chi connectivity index (χ0v) is 9.99. The number of carboxylic acid groups (broad SMARTS) is 1. The van der Waals surface area contributed by atoms with E-state index in [0.29, 0.717) is 12.2 Å². The summed E-state index contributed by atoms with van der Waals surface area (Å²) in [7, 11) is 0. The topological polar surface area (TPSA) is 75.1 Å². The number of rotatable bonds is 4. The lowest BCUT2D eigenvalue weighted by Crippen LogP contribution is -2.07. The van der Waals surface area contributed by atoms with E-state index in [4.69, 9.17) is 5.11 Å². The minimum Gasteiger partial charge on any atom is -0.478 e. The van der Waals surface area contributed by atoms with Crippen molar-refractivity contribution in [3.05, 3.63) is 40.1 Å². The van der Waals surface area contributed by atoms with E-state index in [1.165, 1.54) is 18.5 Å². The summed E-state index contributed by atoms with van der Waals surface area (Å²) in [4.78, 5) is 19.1. The number of carbonyl (C=O) groups is 1. The summed E-state index contributed by atoms with van der Waals surface area (Å²) in [6, 6.07) is 1.47. The van der Waals surface area contributed by atoms with Gasteiger partial charge in [-0.3, -0.25) is 4.98 Å². The summed E-state index contributed by atoms with van der Waals surface area (Å²) >= 11 is 1.57. The Morgan fingerprint density at radius 1 is 1.59 bits per heavy atom. The predicted molar refractivity (Wildman–Crippen MR) is 65.4 cm³/mol. The van der Waals surface area contributed by atoms with E-state index < -0.39 is 5.97 Å². The van der Waals surface area contributed by atoms with Crippen molar-refractivity contribution < 1.29 is 9.90 Å². The van der Waals surface area contributed by atoms with E-state index in [1.807, 2.05) is 12.3 Å². The van der Waals surface area contributed by atoms with Crippen LogP contribution in [0.5, 0.6) is 0 Å². The fraction of sp³-hybridized carbons (Fsp3) is 0.182. The second-order valence-electron chi connectivity index (χ2n) is 3.44. The normalized spacial score (nSPS) is 10.2. The first-order valence-electron chi connectivity index (χ1n) is 4.99. The number of carboxylic acids is 1. The maximum absolute atomic E-state index is 11.0. The number of anilines is 1. The van der Waals surface area contributed by atoms with Crippen molar-refractivity contribution in [3.8, 4) is 0 Å². The minimum absolute atomic E-state index is 0.215. The van der Waals surface area contributed by atoms with Crippen LogP contribution < -0.4 is 5.32 Å². The van der Waals surface area contributed by atoms with Gasteiger partial charge in [0.2, 0.25) is 0 Å². The Bertz CT molecular complexity index is 539. The largest absolute Gasteiger partial charge is 0.478 e. The highest BCUT2D eigenvalue weighted by Crippen LogP contribution is 2.15. The highest BCUT2D eigenvalue weighted by Gasteiger charge is 2.09. The second-order valence-corrected chi connectivity index (χ2v) is 4.50. The SMILES string of the molecule is Cc1nc(CNc2cnccc2C(=O)O)cs1. The first-order chi connectivity index (χ1) is 8.16. The van der Waals surface area contributed by atoms with E-state index in [-0.39, 0.29) is 5.56 Å². The highest BCUT2D eigenvalue weighted by atomic mass is 32.1. The summed E-state index contributed by atoms with van der Waals surface area (Å²) in [6.45, 7) is 2.43. The maximum atomic E-state index is 11.0. The predicted octanol–water partition coefficient (Wildman–Crippen LogP) is 2.16. The molecule has 2 heterocycles. The third kappa shape index (κ3) is 2.79. The molecule has 6 heteroatoms. The molecule has 0 radical (unpaired) electrons. The van der Waals surface area contributed by atoms with Crippen LogP contribution in [-0.4, -0.2) is 21.0 Å². The molecular formula is C11H11N3O2S. The van der Waals surface area contributed by atoms with Gasteiger partial charge in [0.15, 0.2) is 0 Å². The number of thiazole rings is 1. The molecule has 0 aliphatic carbocycles. The molecule has 0 aliphatic heterocycles. The van der Waals surface area contributed by atoms with Crippen LogP contribution in [0.25, 0.3) is 0 Å². The van der Waals surface area contributed by atoms with Crippen LogP contribution in [0.3, 0.4) is 0 Å². The van der Waals surface area contributed by atoms with E-state index in [2.05, 4.69) is 15.3 Å². The smallest absolute Gasteiger partial charge is 0.337 e. The summed E-state index contributed by atoms with van der Waals surface area (Å²) < 4.78 is 0. The number of hydrogen-bond donors (Lipinski definition) is 2. The molecule has 0 spiro atoms. The number of aryl methyl sites for hydroxylation is 1. The molecule has 2 aromatic rings. The van der Waals surface area contributed by atoms with Crippen molar-refractivity contribution in [3.63, 3.8) is 0 Å². The van der Waals surface area contributed by atoms with Gasteiger partial charge in [0.1, 0.15) is 0 Å². The monoisotopic (exact) mass is 249 g/mol. The van der Waals surface area contributed by atoms with Crippen LogP contribution in [0, 0.1) is 6.92 Å². The van der Waals surface area contributed by atoms with Gasteiger partial charge in [-0.15, -0.1) is 11.3 Å². The van der Waals surface area contributed by atoms with Crippen molar-refractivity contribution >= 4 is 23.0 Å². The molecule has 0 fully saturated rings. The van der Waals surface area contributed by atoms with Gasteiger partial charge >= 0.3 is 5.97 Å². The number of pyridine rings is 1. The lowest BCUT2D eigenvalue weighted by atomic mass is 10.2. The van der Waals surface area contributed by atoms with E-state index >= 15 is 0 Å². The Hall–Kier alpha value is -1.95. The van der Waals surface area contributed by atoms with Gasteiger partial charge in [-0.2, -0.15) is 0 Å². The van der Waals surface area contributed by atoms with Crippen molar-refractivity contribution in [2.75, 3.05) is 5.32 Å². The molecule has 0 amide bonds. The highest BCUT2D eigenvalue weighted by molar-refractivity contribution is 7.09. The van der Waals surface area contributed by atoms with Gasteiger partial charge in [-0.05, 0) is 13.0 Å². The molecule has 0 aliphatic rings. The molecule has 0 atom stereocenters. The molecule has 2 rings (SSSR count). The zero-order chi connectivity index (χ0) is 12.3. The Morgan fingerprint density at radius 2 is 2.41 bits per heavy atom. The molecule has 88 valence electrons. The number of aromatic carboxylic acids is 1. The van der Waals surface area contributed by atoms with Gasteiger partial charge in [0, 0.05) is 11.6 Å². The van der Waals surface area contributed by atoms with Gasteiger partial charge in [-0.25, -0.2) is 9.78 Å². The molecular weight excluding hydrogens is 238 g/mol. The molecule has 5 nitrogen and oxygen atoms in total.